The second kappa shape index (κ2) is 12.7. The van der Waals surface area contributed by atoms with Gasteiger partial charge in [-0.2, -0.15) is 0 Å². The highest BCUT2D eigenvalue weighted by Gasteiger charge is 2.41. The van der Waals surface area contributed by atoms with Gasteiger partial charge in [0.25, 0.3) is 0 Å². The van der Waals surface area contributed by atoms with Crippen molar-refractivity contribution in [1.82, 2.24) is 0 Å². The van der Waals surface area contributed by atoms with Crippen LogP contribution in [0, 0.1) is 0 Å². The smallest absolute Gasteiger partial charge is 0.192 e. The van der Waals surface area contributed by atoms with Crippen LogP contribution in [-0.2, 0) is 20.5 Å². The van der Waals surface area contributed by atoms with Crippen LogP contribution in [0.15, 0.2) is 52.6 Å². The third-order valence-electron chi connectivity index (χ3n) is 6.50. The molecule has 1 aliphatic rings. The molecule has 0 fully saturated rings. The zero-order valence-electron chi connectivity index (χ0n) is 20.1. The molecule has 31 heavy (non-hydrogen) atoms. The molecule has 0 aliphatic carbocycles. The van der Waals surface area contributed by atoms with Crippen molar-refractivity contribution >= 4 is 30.9 Å². The quantitative estimate of drug-likeness (QED) is 0.167. The summed E-state index contributed by atoms with van der Waals surface area (Å²) in [6.45, 7) is 14.4. The first kappa shape index (κ1) is 26.8. The third kappa shape index (κ3) is 8.43. The first-order valence-electron chi connectivity index (χ1n) is 11.6. The van der Waals surface area contributed by atoms with Crippen LogP contribution in [0.25, 0.3) is 0 Å². The maximum absolute atomic E-state index is 6.88. The Kier molecular flexibility index (Phi) is 11.0. The molecule has 0 amide bonds. The van der Waals surface area contributed by atoms with E-state index < -0.39 is 8.32 Å². The topological polar surface area (TPSA) is 27.7 Å². The highest BCUT2D eigenvalue weighted by Crippen LogP contribution is 2.39. The number of hydrogen-bond donors (Lipinski definition) is 0. The Hall–Kier alpha value is -0.473. The lowest BCUT2D eigenvalue weighted by molar-refractivity contribution is -0.128. The van der Waals surface area contributed by atoms with Crippen LogP contribution in [0.3, 0.4) is 0 Å². The van der Waals surface area contributed by atoms with E-state index in [2.05, 4.69) is 110 Å². The Labute approximate surface area is 204 Å². The fourth-order valence-corrected chi connectivity index (χ4v) is 5.21. The van der Waals surface area contributed by atoms with Crippen molar-refractivity contribution in [2.24, 2.45) is 0 Å². The van der Waals surface area contributed by atoms with Crippen molar-refractivity contribution in [3.05, 3.63) is 58.2 Å². The van der Waals surface area contributed by atoms with E-state index in [-0.39, 0.29) is 29.5 Å². The van der Waals surface area contributed by atoms with Gasteiger partial charge in [-0.15, -0.1) is 0 Å². The molecule has 0 radical (unpaired) electrons. The van der Waals surface area contributed by atoms with Crippen LogP contribution in [0.4, 0.5) is 0 Å². The van der Waals surface area contributed by atoms with Gasteiger partial charge in [0.2, 0.25) is 0 Å². The minimum absolute atomic E-state index is 0.0415. The molecular weight excluding hydrogens is 515 g/mol. The predicted molar refractivity (Wildman–Crippen MR) is 142 cm³/mol. The van der Waals surface area contributed by atoms with Gasteiger partial charge in [0, 0.05) is 0 Å². The summed E-state index contributed by atoms with van der Waals surface area (Å²) in [6.07, 6.45) is 10.5. The highest BCUT2D eigenvalue weighted by atomic mass is 127. The number of ether oxygens (including phenoxy) is 2. The van der Waals surface area contributed by atoms with E-state index in [4.69, 9.17) is 13.9 Å². The average molecular weight is 557 g/mol. The van der Waals surface area contributed by atoms with E-state index in [0.717, 1.165) is 25.7 Å². The predicted octanol–water partition coefficient (Wildman–Crippen LogP) is 7.81. The van der Waals surface area contributed by atoms with Crippen LogP contribution in [0.1, 0.15) is 58.9 Å². The molecule has 1 aromatic carbocycles. The summed E-state index contributed by atoms with van der Waals surface area (Å²) in [7, 11) is -1.91. The Balaban J connectivity index is 2.12. The first-order chi connectivity index (χ1) is 14.7. The van der Waals surface area contributed by atoms with Gasteiger partial charge in [-0.3, -0.25) is 0 Å². The summed E-state index contributed by atoms with van der Waals surface area (Å²) >= 11 is 2.29. The molecule has 0 spiro atoms. The molecule has 0 saturated heterocycles. The fraction of sp³-hybridized carbons (Fsp3) is 0.615. The number of rotatable bonds is 10. The zero-order chi connectivity index (χ0) is 22.9. The molecule has 0 unspecified atom stereocenters. The van der Waals surface area contributed by atoms with E-state index >= 15 is 0 Å². The molecule has 4 atom stereocenters. The van der Waals surface area contributed by atoms with E-state index in [9.17, 15) is 0 Å². The second-order valence-corrected chi connectivity index (χ2v) is 15.4. The van der Waals surface area contributed by atoms with E-state index in [1.807, 2.05) is 6.07 Å². The van der Waals surface area contributed by atoms with Gasteiger partial charge in [0.15, 0.2) is 8.32 Å². The Morgan fingerprint density at radius 3 is 2.26 bits per heavy atom. The maximum atomic E-state index is 6.88. The Bertz CT molecular complexity index is 696. The molecule has 0 N–H and O–H groups in total. The third-order valence-corrected chi connectivity index (χ3v) is 11.5. The summed E-state index contributed by atoms with van der Waals surface area (Å²) in [5.74, 6) is 0. The van der Waals surface area contributed by atoms with Gasteiger partial charge in [0.05, 0.1) is 31.0 Å². The molecule has 1 aliphatic heterocycles. The molecule has 0 bridgehead atoms. The molecule has 0 aromatic heterocycles. The lowest BCUT2D eigenvalue weighted by atomic mass is 10.1. The Morgan fingerprint density at radius 2 is 1.71 bits per heavy atom. The van der Waals surface area contributed by atoms with Crippen LogP contribution in [0.2, 0.25) is 18.1 Å². The van der Waals surface area contributed by atoms with Crippen molar-refractivity contribution in [3.63, 3.8) is 0 Å². The van der Waals surface area contributed by atoms with Crippen LogP contribution in [-0.4, -0.2) is 32.7 Å². The molecular formula is C26H41IO3Si. The Morgan fingerprint density at radius 1 is 1.10 bits per heavy atom. The second-order valence-electron chi connectivity index (χ2n) is 9.91. The lowest BCUT2D eigenvalue weighted by Gasteiger charge is -2.42. The maximum Gasteiger partial charge on any atom is 0.192 e. The average Bonchev–Trinajstić information content (AvgIpc) is 2.98. The van der Waals surface area contributed by atoms with Crippen LogP contribution >= 0.6 is 22.6 Å². The summed E-state index contributed by atoms with van der Waals surface area (Å²) in [6, 6.07) is 10.4. The van der Waals surface area contributed by atoms with Gasteiger partial charge in [-0.25, -0.2) is 0 Å². The lowest BCUT2D eigenvalue weighted by Crippen LogP contribution is -2.48. The van der Waals surface area contributed by atoms with E-state index in [0.29, 0.717) is 6.61 Å². The molecule has 1 aromatic rings. The standard InChI is InChI=1S/C26H41IO3Si/c1-7-22(28-20-21-14-9-8-10-15-21)23-16-11-12-17-24(29-23)25(18-13-19-27)30-31(5,6)26(2,3)4/h8-15,19,22-25H,7,16-18,20H2,1-6H3/b19-13-/t22-,23+,24+,25-/m0/s1. The van der Waals surface area contributed by atoms with Crippen molar-refractivity contribution in [2.75, 3.05) is 0 Å². The van der Waals surface area contributed by atoms with Crippen molar-refractivity contribution < 1.29 is 13.9 Å². The van der Waals surface area contributed by atoms with Crippen molar-refractivity contribution in [2.45, 2.75) is 103 Å². The summed E-state index contributed by atoms with van der Waals surface area (Å²) in [4.78, 5) is 0. The number of halogens is 1. The molecule has 1 heterocycles. The monoisotopic (exact) mass is 556 g/mol. The number of hydrogen-bond acceptors (Lipinski definition) is 3. The summed E-state index contributed by atoms with van der Waals surface area (Å²) < 4.78 is 22.0. The summed E-state index contributed by atoms with van der Waals surface area (Å²) in [5, 5.41) is 0.171. The SMILES string of the molecule is CC[C@H](OCc1ccccc1)[C@H]1CC=CC[C@H]([C@H](C/C=C\I)O[Si](C)(C)C(C)(C)C)O1. The minimum atomic E-state index is -1.91. The van der Waals surface area contributed by atoms with E-state index in [1.54, 1.807) is 0 Å². The molecule has 2 rings (SSSR count). The molecule has 174 valence electrons. The van der Waals surface area contributed by atoms with Crippen molar-refractivity contribution in [1.29, 1.82) is 0 Å². The highest BCUT2D eigenvalue weighted by molar-refractivity contribution is 14.1. The molecule has 3 nitrogen and oxygen atoms in total. The van der Waals surface area contributed by atoms with E-state index in [1.165, 1.54) is 5.56 Å². The zero-order valence-corrected chi connectivity index (χ0v) is 23.3. The minimum Gasteiger partial charge on any atom is -0.411 e. The summed E-state index contributed by atoms with van der Waals surface area (Å²) in [5.41, 5.74) is 1.20. The van der Waals surface area contributed by atoms with Gasteiger partial charge in [-0.1, -0.05) is 98.8 Å². The van der Waals surface area contributed by atoms with Crippen LogP contribution < -0.4 is 0 Å². The molecule has 5 heteroatoms. The van der Waals surface area contributed by atoms with Crippen LogP contribution in [0.5, 0.6) is 0 Å². The number of benzene rings is 1. The van der Waals surface area contributed by atoms with Gasteiger partial charge >= 0.3 is 0 Å². The largest absolute Gasteiger partial charge is 0.411 e. The van der Waals surface area contributed by atoms with Crippen molar-refractivity contribution in [3.8, 4) is 0 Å². The van der Waals surface area contributed by atoms with Gasteiger partial charge in [0.1, 0.15) is 0 Å². The first-order valence-corrected chi connectivity index (χ1v) is 15.7. The van der Waals surface area contributed by atoms with Gasteiger partial charge in [-0.05, 0) is 53.5 Å². The van der Waals surface area contributed by atoms with Gasteiger partial charge < -0.3 is 13.9 Å². The molecule has 0 saturated carbocycles. The fourth-order valence-electron chi connectivity index (χ4n) is 3.56. The normalized spacial score (nSPS) is 22.4.